The minimum Gasteiger partial charge on any atom is -0.300 e. The molecule has 0 aliphatic heterocycles. The molecule has 0 spiro atoms. The molecule has 1 aliphatic rings. The fraction of sp³-hybridized carbons (Fsp3) is 0.417. The Morgan fingerprint density at radius 1 is 1.46 bits per heavy atom. The number of Topliss-reactive ketones (excluding diaryl/α,β-unsaturated/α-hetero) is 1. The van der Waals surface area contributed by atoms with Crippen LogP contribution in [0.3, 0.4) is 0 Å². The Balaban J connectivity index is 2.16. The number of carbonyl (C=O) groups excluding carboxylic acids is 1. The zero-order chi connectivity index (χ0) is 9.26. The molecule has 0 amide bonds. The summed E-state index contributed by atoms with van der Waals surface area (Å²) >= 11 is 0. The maximum Gasteiger partial charge on any atom is 0.134 e. The van der Waals surface area contributed by atoms with E-state index in [2.05, 4.69) is 18.2 Å². The first kappa shape index (κ1) is 8.49. The van der Waals surface area contributed by atoms with Gasteiger partial charge in [-0.2, -0.15) is 0 Å². The van der Waals surface area contributed by atoms with Gasteiger partial charge in [0.1, 0.15) is 5.78 Å². The number of benzene rings is 1. The van der Waals surface area contributed by atoms with Gasteiger partial charge in [0.15, 0.2) is 0 Å². The molecule has 1 fully saturated rings. The second-order valence-electron chi connectivity index (χ2n) is 3.90. The second kappa shape index (κ2) is 3.33. The van der Waals surface area contributed by atoms with Crippen LogP contribution in [0.5, 0.6) is 0 Å². The highest BCUT2D eigenvalue weighted by molar-refractivity contribution is 5.78. The van der Waals surface area contributed by atoms with Crippen molar-refractivity contribution < 1.29 is 4.79 Å². The third kappa shape index (κ3) is 2.18. The van der Waals surface area contributed by atoms with Crippen LogP contribution in [-0.4, -0.2) is 5.78 Å². The van der Waals surface area contributed by atoms with Crippen molar-refractivity contribution in [3.63, 3.8) is 0 Å². The largest absolute Gasteiger partial charge is 0.300 e. The Morgan fingerprint density at radius 2 is 2.23 bits per heavy atom. The summed E-state index contributed by atoms with van der Waals surface area (Å²) in [6, 6.07) is 8.44. The lowest BCUT2D eigenvalue weighted by Gasteiger charge is -2.01. The highest BCUT2D eigenvalue weighted by atomic mass is 16.1. The average molecular weight is 174 g/mol. The van der Waals surface area contributed by atoms with Gasteiger partial charge in [-0.15, -0.1) is 0 Å². The predicted octanol–water partition coefficient (Wildman–Crippen LogP) is 2.70. The average Bonchev–Trinajstić information content (AvgIpc) is 2.85. The Morgan fingerprint density at radius 3 is 2.85 bits per heavy atom. The maximum absolute atomic E-state index is 10.9. The lowest BCUT2D eigenvalue weighted by molar-refractivity contribution is -0.116. The van der Waals surface area contributed by atoms with Crippen LogP contribution in [0, 0.1) is 0 Å². The minimum absolute atomic E-state index is 0.243. The summed E-state index contributed by atoms with van der Waals surface area (Å²) in [6.45, 7) is 1.64. The normalized spacial score (nSPS) is 15.8. The summed E-state index contributed by atoms with van der Waals surface area (Å²) < 4.78 is 0. The van der Waals surface area contributed by atoms with E-state index in [1.165, 1.54) is 18.4 Å². The van der Waals surface area contributed by atoms with Gasteiger partial charge in [-0.05, 0) is 36.8 Å². The Kier molecular flexibility index (Phi) is 2.17. The molecule has 68 valence electrons. The second-order valence-corrected chi connectivity index (χ2v) is 3.90. The molecule has 2 rings (SSSR count). The van der Waals surface area contributed by atoms with E-state index in [1.807, 2.05) is 6.07 Å². The van der Waals surface area contributed by atoms with Crippen molar-refractivity contribution in [3.05, 3.63) is 35.4 Å². The molecule has 1 nitrogen and oxygen atoms in total. The van der Waals surface area contributed by atoms with Crippen molar-refractivity contribution in [2.45, 2.75) is 32.1 Å². The Labute approximate surface area is 78.8 Å². The molecule has 13 heavy (non-hydrogen) atoms. The number of hydrogen-bond acceptors (Lipinski definition) is 1. The van der Waals surface area contributed by atoms with Gasteiger partial charge in [0.25, 0.3) is 0 Å². The third-order valence-electron chi connectivity index (χ3n) is 2.45. The van der Waals surface area contributed by atoms with Gasteiger partial charge in [0, 0.05) is 6.42 Å². The molecule has 0 aromatic heterocycles. The van der Waals surface area contributed by atoms with Crippen molar-refractivity contribution >= 4 is 5.78 Å². The number of carbonyl (C=O) groups is 1. The van der Waals surface area contributed by atoms with Gasteiger partial charge < -0.3 is 0 Å². The first-order valence-electron chi connectivity index (χ1n) is 4.84. The van der Waals surface area contributed by atoms with Crippen LogP contribution in [0.4, 0.5) is 0 Å². The van der Waals surface area contributed by atoms with E-state index in [4.69, 9.17) is 0 Å². The minimum atomic E-state index is 0.243. The van der Waals surface area contributed by atoms with Gasteiger partial charge in [0.05, 0.1) is 0 Å². The van der Waals surface area contributed by atoms with E-state index in [1.54, 1.807) is 6.92 Å². The van der Waals surface area contributed by atoms with Crippen LogP contribution in [0.2, 0.25) is 0 Å². The summed E-state index contributed by atoms with van der Waals surface area (Å²) in [7, 11) is 0. The van der Waals surface area contributed by atoms with Gasteiger partial charge in [-0.1, -0.05) is 24.3 Å². The van der Waals surface area contributed by atoms with E-state index in [0.29, 0.717) is 6.42 Å². The van der Waals surface area contributed by atoms with Crippen LogP contribution in [-0.2, 0) is 11.2 Å². The first-order chi connectivity index (χ1) is 6.25. The fourth-order valence-electron chi connectivity index (χ4n) is 1.66. The van der Waals surface area contributed by atoms with E-state index in [9.17, 15) is 4.79 Å². The van der Waals surface area contributed by atoms with Gasteiger partial charge in [0.2, 0.25) is 0 Å². The van der Waals surface area contributed by atoms with Gasteiger partial charge in [-0.25, -0.2) is 0 Å². The standard InChI is InChI=1S/C12H14O/c1-9(13)7-10-3-2-4-12(8-10)11-5-6-11/h2-4,8,11H,5-7H2,1H3. The molecule has 1 saturated carbocycles. The van der Waals surface area contributed by atoms with Crippen molar-refractivity contribution in [1.29, 1.82) is 0 Å². The molecular formula is C12H14O. The van der Waals surface area contributed by atoms with Crippen LogP contribution in [0.15, 0.2) is 24.3 Å². The van der Waals surface area contributed by atoms with Gasteiger partial charge >= 0.3 is 0 Å². The third-order valence-corrected chi connectivity index (χ3v) is 2.45. The van der Waals surface area contributed by atoms with E-state index >= 15 is 0 Å². The van der Waals surface area contributed by atoms with E-state index < -0.39 is 0 Å². The zero-order valence-electron chi connectivity index (χ0n) is 7.92. The van der Waals surface area contributed by atoms with E-state index in [-0.39, 0.29) is 5.78 Å². The maximum atomic E-state index is 10.9. The van der Waals surface area contributed by atoms with Crippen LogP contribution in [0.25, 0.3) is 0 Å². The smallest absolute Gasteiger partial charge is 0.134 e. The summed E-state index contributed by atoms with van der Waals surface area (Å²) in [5.41, 5.74) is 2.58. The molecule has 0 heterocycles. The zero-order valence-corrected chi connectivity index (χ0v) is 7.92. The van der Waals surface area contributed by atoms with Crippen LogP contribution >= 0.6 is 0 Å². The van der Waals surface area contributed by atoms with Gasteiger partial charge in [-0.3, -0.25) is 4.79 Å². The SMILES string of the molecule is CC(=O)Cc1cccc(C2CC2)c1. The molecule has 0 radical (unpaired) electrons. The molecule has 1 aromatic carbocycles. The fourth-order valence-corrected chi connectivity index (χ4v) is 1.66. The highest BCUT2D eigenvalue weighted by Crippen LogP contribution is 2.40. The molecule has 0 N–H and O–H groups in total. The number of hydrogen-bond donors (Lipinski definition) is 0. The molecule has 1 aromatic rings. The Hall–Kier alpha value is -1.11. The quantitative estimate of drug-likeness (QED) is 0.688. The van der Waals surface area contributed by atoms with Crippen molar-refractivity contribution in [3.8, 4) is 0 Å². The molecular weight excluding hydrogens is 160 g/mol. The summed E-state index contributed by atoms with van der Waals surface area (Å²) in [5.74, 6) is 1.03. The molecule has 1 heteroatoms. The van der Waals surface area contributed by atoms with Crippen molar-refractivity contribution in [1.82, 2.24) is 0 Å². The predicted molar refractivity (Wildman–Crippen MR) is 52.8 cm³/mol. The van der Waals surface area contributed by atoms with Crippen LogP contribution < -0.4 is 0 Å². The molecule has 0 atom stereocenters. The van der Waals surface area contributed by atoms with Crippen molar-refractivity contribution in [2.24, 2.45) is 0 Å². The molecule has 1 aliphatic carbocycles. The molecule has 0 saturated heterocycles. The summed E-state index contributed by atoms with van der Waals surface area (Å²) in [5, 5.41) is 0. The van der Waals surface area contributed by atoms with Crippen molar-refractivity contribution in [2.75, 3.05) is 0 Å². The molecule has 0 unspecified atom stereocenters. The lowest BCUT2D eigenvalue weighted by Crippen LogP contribution is -1.96. The first-order valence-corrected chi connectivity index (χ1v) is 4.84. The van der Waals surface area contributed by atoms with E-state index in [0.717, 1.165) is 11.5 Å². The summed E-state index contributed by atoms with van der Waals surface area (Å²) in [6.07, 6.45) is 3.23. The Bertz CT molecular complexity index is 324. The molecule has 0 bridgehead atoms. The number of ketones is 1. The topological polar surface area (TPSA) is 17.1 Å². The van der Waals surface area contributed by atoms with Crippen LogP contribution in [0.1, 0.15) is 36.8 Å². The lowest BCUT2D eigenvalue weighted by atomic mass is 10.0. The number of rotatable bonds is 3. The monoisotopic (exact) mass is 174 g/mol. The highest BCUT2D eigenvalue weighted by Gasteiger charge is 2.23. The summed E-state index contributed by atoms with van der Waals surface area (Å²) in [4.78, 5) is 10.9.